The summed E-state index contributed by atoms with van der Waals surface area (Å²) in [6, 6.07) is -0.291. The molecule has 0 aromatic heterocycles. The van der Waals surface area contributed by atoms with E-state index in [2.05, 4.69) is 17.0 Å². The number of nitrogens with one attached hydrogen (secondary N) is 1. The third kappa shape index (κ3) is 9.46. The van der Waals surface area contributed by atoms with Gasteiger partial charge >= 0.3 is 12.1 Å². The van der Waals surface area contributed by atoms with Gasteiger partial charge in [-0.25, -0.2) is 14.6 Å². The molecular formula is C22H37ClN6O2. The lowest BCUT2D eigenvalue weighted by molar-refractivity contribution is 0.113. The molecule has 174 valence electrons. The molecule has 1 aliphatic heterocycles. The van der Waals surface area contributed by atoms with Gasteiger partial charge in [-0.2, -0.15) is 5.10 Å². The van der Waals surface area contributed by atoms with Crippen LogP contribution in [0.3, 0.4) is 0 Å². The van der Waals surface area contributed by atoms with Crippen LogP contribution in [-0.2, 0) is 0 Å². The Kier molecular flexibility index (Phi) is 12.4. The van der Waals surface area contributed by atoms with Gasteiger partial charge in [0.15, 0.2) is 0 Å². The van der Waals surface area contributed by atoms with Crippen LogP contribution in [0.5, 0.6) is 0 Å². The molecule has 1 heterocycles. The zero-order valence-electron chi connectivity index (χ0n) is 19.3. The number of likely N-dealkylation sites (N-methyl/N-ethyl adjacent to an activating group) is 2. The lowest BCUT2D eigenvalue weighted by atomic mass is 10.0. The largest absolute Gasteiger partial charge is 0.376 e. The molecule has 0 saturated carbocycles. The summed E-state index contributed by atoms with van der Waals surface area (Å²) in [5.41, 5.74) is 2.40. The quantitative estimate of drug-likeness (QED) is 0.312. The van der Waals surface area contributed by atoms with Crippen molar-refractivity contribution < 1.29 is 9.59 Å². The van der Waals surface area contributed by atoms with E-state index in [9.17, 15) is 9.59 Å². The molecule has 0 bridgehead atoms. The Balaban J connectivity index is 2.86. The van der Waals surface area contributed by atoms with Crippen LogP contribution >= 0.6 is 11.6 Å². The molecule has 9 heteroatoms. The lowest BCUT2D eigenvalue weighted by Gasteiger charge is -2.37. The Morgan fingerprint density at radius 1 is 1.26 bits per heavy atom. The molecule has 0 aromatic rings. The van der Waals surface area contributed by atoms with Crippen LogP contribution in [0.1, 0.15) is 33.1 Å². The number of nitrogens with zero attached hydrogens (tertiary/aromatic N) is 5. The summed E-state index contributed by atoms with van der Waals surface area (Å²) in [6.45, 7) is 10.6. The van der Waals surface area contributed by atoms with Crippen molar-refractivity contribution in [1.82, 2.24) is 25.0 Å². The minimum absolute atomic E-state index is 0.0423. The van der Waals surface area contributed by atoms with Gasteiger partial charge in [0.05, 0.1) is 12.3 Å². The van der Waals surface area contributed by atoms with Gasteiger partial charge in [-0.05, 0) is 31.8 Å². The van der Waals surface area contributed by atoms with Gasteiger partial charge in [0.1, 0.15) is 0 Å². The molecule has 0 aliphatic carbocycles. The highest BCUT2D eigenvalue weighted by molar-refractivity contribution is 6.25. The molecule has 1 aliphatic rings. The number of hydrogen-bond donors (Lipinski definition) is 1. The number of carbonyl (C=O) groups excluding carboxylic acids is 2. The Hall–Kier alpha value is -2.48. The van der Waals surface area contributed by atoms with Crippen LogP contribution in [0.2, 0.25) is 0 Å². The molecule has 0 unspecified atom stereocenters. The van der Waals surface area contributed by atoms with Gasteiger partial charge in [0, 0.05) is 58.6 Å². The normalized spacial score (nSPS) is 15.4. The first-order chi connectivity index (χ1) is 14.8. The van der Waals surface area contributed by atoms with Gasteiger partial charge in [0.2, 0.25) is 0 Å². The van der Waals surface area contributed by atoms with Gasteiger partial charge in [-0.1, -0.05) is 30.7 Å². The molecule has 1 fully saturated rings. The molecule has 0 radical (unpaired) electrons. The second-order valence-electron chi connectivity index (χ2n) is 7.65. The van der Waals surface area contributed by atoms with Crippen molar-refractivity contribution in [2.24, 2.45) is 5.10 Å². The standard InChI is InChI=1S/C22H37ClN6O2/c1-6-12-24-21(30)28-15-9-20(10-16-28)29(22(31)27(5)13-7-2)25-18-19(3)8-14-26(4)17-11-23/h7-8,11,17-18,20H,2,6,9-10,12-16H2,1,3-5H3,(H,24,30)/b17-11+,19-8+,25-18+. The Bertz CT molecular complexity index is 671. The maximum absolute atomic E-state index is 13.0. The lowest BCUT2D eigenvalue weighted by Crippen LogP contribution is -2.51. The van der Waals surface area contributed by atoms with Crippen molar-refractivity contribution in [3.63, 3.8) is 0 Å². The molecule has 4 amide bonds. The van der Waals surface area contributed by atoms with Gasteiger partial charge in [-0.3, -0.25) is 0 Å². The van der Waals surface area contributed by atoms with Crippen LogP contribution in [0, 0.1) is 0 Å². The molecule has 0 aromatic carbocycles. The van der Waals surface area contributed by atoms with Crippen LogP contribution in [0.25, 0.3) is 0 Å². The minimum Gasteiger partial charge on any atom is -0.376 e. The molecule has 0 atom stereocenters. The number of hydrogen-bond acceptors (Lipinski definition) is 4. The number of allylic oxidation sites excluding steroid dienone is 1. The van der Waals surface area contributed by atoms with E-state index in [4.69, 9.17) is 11.6 Å². The van der Waals surface area contributed by atoms with E-state index >= 15 is 0 Å². The number of urea groups is 2. The summed E-state index contributed by atoms with van der Waals surface area (Å²) >= 11 is 5.59. The smallest absolute Gasteiger partial charge is 0.340 e. The van der Waals surface area contributed by atoms with E-state index < -0.39 is 0 Å². The summed E-state index contributed by atoms with van der Waals surface area (Å²) in [7, 11) is 3.65. The fourth-order valence-corrected chi connectivity index (χ4v) is 3.25. The monoisotopic (exact) mass is 452 g/mol. The Labute approximate surface area is 191 Å². The zero-order valence-corrected chi connectivity index (χ0v) is 20.0. The summed E-state index contributed by atoms with van der Waals surface area (Å²) in [5.74, 6) is 0. The van der Waals surface area contributed by atoms with Crippen molar-refractivity contribution in [1.29, 1.82) is 0 Å². The average Bonchev–Trinajstić information content (AvgIpc) is 2.76. The Morgan fingerprint density at radius 2 is 1.94 bits per heavy atom. The van der Waals surface area contributed by atoms with Crippen molar-refractivity contribution >= 4 is 29.9 Å². The number of halogens is 1. The molecular weight excluding hydrogens is 416 g/mol. The van der Waals surface area contributed by atoms with Gasteiger partial charge < -0.3 is 20.0 Å². The predicted octanol–water partition coefficient (Wildman–Crippen LogP) is 3.68. The fourth-order valence-electron chi connectivity index (χ4n) is 3.05. The maximum atomic E-state index is 13.0. The van der Waals surface area contributed by atoms with Crippen LogP contribution < -0.4 is 5.32 Å². The SMILES string of the molecule is C=CCN(C)C(=O)N(/N=C/C(C)=C/CN(C)/C=C/Cl)C1CCN(C(=O)NCCC)CC1. The van der Waals surface area contributed by atoms with Gasteiger partial charge in [0.25, 0.3) is 0 Å². The van der Waals surface area contributed by atoms with Gasteiger partial charge in [-0.15, -0.1) is 6.58 Å². The minimum atomic E-state index is -0.181. The molecule has 0 spiro atoms. The highest BCUT2D eigenvalue weighted by Gasteiger charge is 2.30. The molecule has 8 nitrogen and oxygen atoms in total. The number of carbonyl (C=O) groups is 2. The summed E-state index contributed by atoms with van der Waals surface area (Å²) in [5, 5.41) is 8.98. The fraction of sp³-hybridized carbons (Fsp3) is 0.591. The first-order valence-corrected chi connectivity index (χ1v) is 11.1. The van der Waals surface area contributed by atoms with E-state index in [-0.39, 0.29) is 18.1 Å². The summed E-state index contributed by atoms with van der Waals surface area (Å²) in [6.07, 6.45) is 9.43. The second-order valence-corrected chi connectivity index (χ2v) is 7.91. The molecule has 1 saturated heterocycles. The first kappa shape index (κ1) is 26.6. The highest BCUT2D eigenvalue weighted by atomic mass is 35.5. The zero-order chi connectivity index (χ0) is 23.2. The third-order valence-electron chi connectivity index (χ3n) is 4.95. The Morgan fingerprint density at radius 3 is 2.52 bits per heavy atom. The molecule has 1 rings (SSSR count). The highest BCUT2D eigenvalue weighted by Crippen LogP contribution is 2.19. The molecule has 1 N–H and O–H groups in total. The second kappa shape index (κ2) is 14.5. The van der Waals surface area contributed by atoms with Crippen molar-refractivity contribution in [2.45, 2.75) is 39.2 Å². The van der Waals surface area contributed by atoms with E-state index in [1.807, 2.05) is 31.9 Å². The number of amides is 4. The summed E-state index contributed by atoms with van der Waals surface area (Å²) < 4.78 is 0. The predicted molar refractivity (Wildman–Crippen MR) is 128 cm³/mol. The van der Waals surface area contributed by atoms with Crippen LogP contribution in [0.15, 0.2) is 41.1 Å². The van der Waals surface area contributed by atoms with E-state index in [1.165, 1.54) is 5.54 Å². The number of hydrazone groups is 1. The van der Waals surface area contributed by atoms with Crippen molar-refractivity contribution in [3.8, 4) is 0 Å². The average molecular weight is 453 g/mol. The van der Waals surface area contributed by atoms with E-state index in [1.54, 1.807) is 40.3 Å². The number of likely N-dealkylation sites (tertiary alicyclic amines) is 1. The first-order valence-electron chi connectivity index (χ1n) is 10.7. The number of rotatable bonds is 10. The van der Waals surface area contributed by atoms with Crippen LogP contribution in [0.4, 0.5) is 9.59 Å². The third-order valence-corrected chi connectivity index (χ3v) is 5.06. The van der Waals surface area contributed by atoms with Crippen molar-refractivity contribution in [2.75, 3.05) is 46.8 Å². The summed E-state index contributed by atoms with van der Waals surface area (Å²) in [4.78, 5) is 30.5. The van der Waals surface area contributed by atoms with Crippen molar-refractivity contribution in [3.05, 3.63) is 36.0 Å². The van der Waals surface area contributed by atoms with E-state index in [0.717, 1.165) is 12.0 Å². The molecule has 31 heavy (non-hydrogen) atoms. The van der Waals surface area contributed by atoms with E-state index in [0.29, 0.717) is 45.6 Å². The maximum Gasteiger partial charge on any atom is 0.340 e. The van der Waals surface area contributed by atoms with Crippen LogP contribution in [-0.4, -0.2) is 90.8 Å². The number of piperidine rings is 1. The topological polar surface area (TPSA) is 71.5 Å².